The molecule has 1 spiro atoms. The quantitative estimate of drug-likeness (QED) is 0.187. The minimum absolute atomic E-state index is 0.509. The molecular weight excluding hydrogens is 641 g/mol. The van der Waals surface area contributed by atoms with Gasteiger partial charge in [-0.15, -0.1) is 0 Å². The maximum Gasteiger partial charge on any atom is 0.161 e. The first-order chi connectivity index (χ1) is 26.3. The molecule has 1 heterocycles. The molecule has 1 aromatic heterocycles. The number of hydrogen-bond donors (Lipinski definition) is 0. The normalized spacial score (nSPS) is 15.2. The van der Waals surface area contributed by atoms with Crippen LogP contribution < -0.4 is 0 Å². The van der Waals surface area contributed by atoms with Gasteiger partial charge in [0.2, 0.25) is 0 Å². The second kappa shape index (κ2) is 10.6. The van der Waals surface area contributed by atoms with Crippen LogP contribution in [0.15, 0.2) is 182 Å². The highest BCUT2D eigenvalue weighted by atomic mass is 14.9. The van der Waals surface area contributed by atoms with E-state index in [1.807, 2.05) is 0 Å². The molecule has 0 aliphatic heterocycles. The first-order valence-electron chi connectivity index (χ1n) is 18.3. The second-order valence-corrected chi connectivity index (χ2v) is 14.4. The van der Waals surface area contributed by atoms with Gasteiger partial charge in [-0.05, 0) is 89.7 Å². The average Bonchev–Trinajstić information content (AvgIpc) is 3.84. The number of hydrogen-bond acceptors (Lipinski definition) is 2. The zero-order valence-corrected chi connectivity index (χ0v) is 28.7. The zero-order valence-electron chi connectivity index (χ0n) is 28.7. The van der Waals surface area contributed by atoms with Gasteiger partial charge in [-0.3, -0.25) is 0 Å². The third-order valence-corrected chi connectivity index (χ3v) is 11.8. The molecule has 3 aliphatic rings. The molecule has 12 rings (SSSR count). The molecule has 9 aromatic rings. The Hall–Kier alpha value is -6.90. The lowest BCUT2D eigenvalue weighted by Crippen LogP contribution is -2.26. The van der Waals surface area contributed by atoms with Gasteiger partial charge < -0.3 is 0 Å². The lowest BCUT2D eigenvalue weighted by molar-refractivity contribution is 0.795. The summed E-state index contributed by atoms with van der Waals surface area (Å²) in [6.07, 6.45) is 0. The molecule has 2 nitrogen and oxygen atoms in total. The van der Waals surface area contributed by atoms with E-state index in [1.165, 1.54) is 77.5 Å². The Kier molecular flexibility index (Phi) is 5.73. The third-order valence-electron chi connectivity index (χ3n) is 11.8. The van der Waals surface area contributed by atoms with Gasteiger partial charge in [-0.1, -0.05) is 170 Å². The van der Waals surface area contributed by atoms with Crippen molar-refractivity contribution in [3.63, 3.8) is 0 Å². The Labute approximate surface area is 307 Å². The Bertz CT molecular complexity index is 2940. The first kappa shape index (κ1) is 28.8. The molecule has 0 radical (unpaired) electrons. The predicted molar refractivity (Wildman–Crippen MR) is 217 cm³/mol. The third kappa shape index (κ3) is 3.72. The standard InChI is InChI=1S/C51H30N2/c1-3-15-31(16-4-1)45-30-46(32-17-5-2-6-18-32)53-50(52-45)39-25-14-28-43-49(39)37-22-10-12-27-42(37)51(43)41-26-11-9-21-36(41)48-38-24-13-23-35-33-19-7-8-20-34(33)40(47(35)38)29-44(48)51/h1-30H. The monoisotopic (exact) mass is 670 g/mol. The highest BCUT2D eigenvalue weighted by Crippen LogP contribution is 2.66. The predicted octanol–water partition coefficient (Wildman–Crippen LogP) is 12.6. The van der Waals surface area contributed by atoms with Gasteiger partial charge in [-0.25, -0.2) is 9.97 Å². The molecule has 1 unspecified atom stereocenters. The molecule has 53 heavy (non-hydrogen) atoms. The van der Waals surface area contributed by atoms with Gasteiger partial charge in [0.1, 0.15) is 0 Å². The highest BCUT2D eigenvalue weighted by Gasteiger charge is 2.53. The molecule has 1 atom stereocenters. The topological polar surface area (TPSA) is 25.8 Å². The molecule has 0 bridgehead atoms. The van der Waals surface area contributed by atoms with Gasteiger partial charge in [0.15, 0.2) is 5.82 Å². The molecule has 244 valence electrons. The Morgan fingerprint density at radius 3 is 1.47 bits per heavy atom. The lowest BCUT2D eigenvalue weighted by atomic mass is 9.70. The summed E-state index contributed by atoms with van der Waals surface area (Å²) < 4.78 is 0. The molecule has 0 amide bonds. The summed E-state index contributed by atoms with van der Waals surface area (Å²) in [5, 5.41) is 2.68. The molecule has 2 heteroatoms. The van der Waals surface area contributed by atoms with Crippen molar-refractivity contribution >= 4 is 10.8 Å². The summed E-state index contributed by atoms with van der Waals surface area (Å²) in [7, 11) is 0. The molecule has 0 fully saturated rings. The van der Waals surface area contributed by atoms with Crippen LogP contribution in [0.3, 0.4) is 0 Å². The summed E-state index contributed by atoms with van der Waals surface area (Å²) >= 11 is 0. The van der Waals surface area contributed by atoms with Crippen molar-refractivity contribution in [1.82, 2.24) is 9.97 Å². The molecule has 0 saturated carbocycles. The molecular formula is C51H30N2. The van der Waals surface area contributed by atoms with E-state index >= 15 is 0 Å². The number of rotatable bonds is 3. The van der Waals surface area contributed by atoms with E-state index in [1.54, 1.807) is 0 Å². The van der Waals surface area contributed by atoms with Crippen molar-refractivity contribution in [1.29, 1.82) is 0 Å². The van der Waals surface area contributed by atoms with E-state index in [0.717, 1.165) is 33.9 Å². The van der Waals surface area contributed by atoms with E-state index in [4.69, 9.17) is 9.97 Å². The second-order valence-electron chi connectivity index (χ2n) is 14.4. The van der Waals surface area contributed by atoms with E-state index in [0.29, 0.717) is 0 Å². The number of fused-ring (bicyclic) bond motifs is 14. The van der Waals surface area contributed by atoms with Crippen LogP contribution in [0.25, 0.3) is 89.2 Å². The molecule has 8 aromatic carbocycles. The smallest absolute Gasteiger partial charge is 0.161 e. The van der Waals surface area contributed by atoms with Crippen molar-refractivity contribution < 1.29 is 0 Å². The Balaban J connectivity index is 1.19. The van der Waals surface area contributed by atoms with Gasteiger partial charge in [-0.2, -0.15) is 0 Å². The average molecular weight is 671 g/mol. The minimum atomic E-state index is -0.509. The highest BCUT2D eigenvalue weighted by molar-refractivity contribution is 6.21. The first-order valence-corrected chi connectivity index (χ1v) is 18.3. The minimum Gasteiger partial charge on any atom is -0.228 e. The van der Waals surface area contributed by atoms with Crippen LogP contribution in [0.5, 0.6) is 0 Å². The zero-order chi connectivity index (χ0) is 34.7. The van der Waals surface area contributed by atoms with Crippen molar-refractivity contribution in [3.8, 4) is 78.4 Å². The lowest BCUT2D eigenvalue weighted by Gasteiger charge is -2.31. The van der Waals surface area contributed by atoms with Gasteiger partial charge >= 0.3 is 0 Å². The van der Waals surface area contributed by atoms with Crippen LogP contribution in [0.4, 0.5) is 0 Å². The van der Waals surface area contributed by atoms with Gasteiger partial charge in [0.05, 0.1) is 16.8 Å². The van der Waals surface area contributed by atoms with Crippen molar-refractivity contribution in [2.75, 3.05) is 0 Å². The van der Waals surface area contributed by atoms with Crippen LogP contribution in [0, 0.1) is 0 Å². The van der Waals surface area contributed by atoms with Crippen molar-refractivity contribution in [2.24, 2.45) is 0 Å². The Morgan fingerprint density at radius 1 is 0.321 bits per heavy atom. The maximum atomic E-state index is 5.34. The Morgan fingerprint density at radius 2 is 0.811 bits per heavy atom. The summed E-state index contributed by atoms with van der Waals surface area (Å²) in [6.45, 7) is 0. The SMILES string of the molecule is c1ccc(-c2cc(-c3ccccc3)nc(-c3cccc4c3-c3ccccc3C43c4ccccc4-c4c3cc3c5c(cccc45)-c4ccccc4-3)n2)cc1. The summed E-state index contributed by atoms with van der Waals surface area (Å²) in [6, 6.07) is 66.3. The van der Waals surface area contributed by atoms with Crippen LogP contribution >= 0.6 is 0 Å². The van der Waals surface area contributed by atoms with Crippen LogP contribution in [0.1, 0.15) is 22.3 Å². The van der Waals surface area contributed by atoms with E-state index in [-0.39, 0.29) is 0 Å². The largest absolute Gasteiger partial charge is 0.228 e. The number of benzene rings is 8. The fourth-order valence-corrected chi connectivity index (χ4v) is 9.81. The van der Waals surface area contributed by atoms with Crippen LogP contribution in [-0.2, 0) is 5.41 Å². The molecule has 3 aliphatic carbocycles. The van der Waals surface area contributed by atoms with E-state index < -0.39 is 5.41 Å². The van der Waals surface area contributed by atoms with Gasteiger partial charge in [0, 0.05) is 16.7 Å². The van der Waals surface area contributed by atoms with E-state index in [9.17, 15) is 0 Å². The van der Waals surface area contributed by atoms with Gasteiger partial charge in [0.25, 0.3) is 0 Å². The fraction of sp³-hybridized carbons (Fsp3) is 0.0196. The number of aromatic nitrogens is 2. The summed E-state index contributed by atoms with van der Waals surface area (Å²) in [5.41, 5.74) is 20.2. The fourth-order valence-electron chi connectivity index (χ4n) is 9.81. The van der Waals surface area contributed by atoms with Crippen LogP contribution in [0.2, 0.25) is 0 Å². The number of nitrogens with zero attached hydrogens (tertiary/aromatic N) is 2. The van der Waals surface area contributed by atoms with Crippen molar-refractivity contribution in [2.45, 2.75) is 5.41 Å². The summed E-state index contributed by atoms with van der Waals surface area (Å²) in [4.78, 5) is 10.7. The van der Waals surface area contributed by atoms with Crippen LogP contribution in [-0.4, -0.2) is 9.97 Å². The summed E-state index contributed by atoms with van der Waals surface area (Å²) in [5.74, 6) is 0.733. The van der Waals surface area contributed by atoms with Crippen molar-refractivity contribution in [3.05, 3.63) is 204 Å². The van der Waals surface area contributed by atoms with E-state index in [2.05, 4.69) is 182 Å². The molecule has 0 saturated heterocycles. The maximum absolute atomic E-state index is 5.34. The molecule has 0 N–H and O–H groups in total.